The molecule has 7 saturated carbocycles. The van der Waals surface area contributed by atoms with Crippen LogP contribution in [0.4, 0.5) is 0 Å². The number of nitrogens with zero attached hydrogens (tertiary/aromatic N) is 2. The summed E-state index contributed by atoms with van der Waals surface area (Å²) in [5.41, 5.74) is 21.6. The van der Waals surface area contributed by atoms with Gasteiger partial charge in [0.1, 0.15) is 0 Å². The van der Waals surface area contributed by atoms with E-state index in [-0.39, 0.29) is 0 Å². The third-order valence-corrected chi connectivity index (χ3v) is 25.5. The van der Waals surface area contributed by atoms with Crippen molar-refractivity contribution in [1.82, 2.24) is 20.4 Å². The second-order valence-corrected chi connectivity index (χ2v) is 41.3. The van der Waals surface area contributed by atoms with Crippen LogP contribution in [0.15, 0.2) is 0 Å². The third kappa shape index (κ3) is 38.9. The van der Waals surface area contributed by atoms with Gasteiger partial charge in [0, 0.05) is 55.5 Å². The third-order valence-electron chi connectivity index (χ3n) is 25.5. The molecule has 0 unspecified atom stereocenters. The van der Waals surface area contributed by atoms with Gasteiger partial charge in [-0.05, 0) is 326 Å². The predicted octanol–water partition coefficient (Wildman–Crippen LogP) is 22.0. The molecule has 7 aliphatic carbocycles. The topological polar surface area (TPSA) is 118 Å². The van der Waals surface area contributed by atoms with E-state index in [1.54, 1.807) is 0 Å². The standard InChI is InChI=1S/2C12H25N.2C11H23N.3C10H21N.C9H18O/c2*1-12(2,3)10-6-8-11(9-7-10)13(4)5;2*1-11(2,3)9-5-7-10(12-4)8-6-9;3*1-10(2,3)8-4-6-9(11)7-5-8;1-9(2,3)8-4-6-10-7-5-8/h2*10-11H,6-9H2,1-5H3;2*9-10,12H,5-8H2,1-4H3;3*8-9H,4-7,11H2,1-3H3;8H,4-7H2,1-3H3. The molecule has 0 aromatic carbocycles. The van der Waals surface area contributed by atoms with Gasteiger partial charge in [-0.15, -0.1) is 0 Å². The number of nitrogens with two attached hydrogens (primary N) is 3. The maximum Gasteiger partial charge on any atom is 0.0468 e. The van der Waals surface area contributed by atoms with Gasteiger partial charge in [0.15, 0.2) is 0 Å². The Labute approximate surface area is 586 Å². The fraction of sp³-hybridized carbons (Fsp3) is 1.00. The Balaban J connectivity index is 0.000000532. The van der Waals surface area contributed by atoms with Crippen molar-refractivity contribution in [3.05, 3.63) is 0 Å². The number of nitrogens with one attached hydrogen (secondary N) is 2. The van der Waals surface area contributed by atoms with Gasteiger partial charge in [0.25, 0.3) is 0 Å². The minimum atomic E-state index is 0.490. The molecule has 8 fully saturated rings. The molecule has 8 nitrogen and oxygen atoms in total. The molecule has 0 amide bonds. The number of hydrogen-bond donors (Lipinski definition) is 5. The monoisotopic (exact) mass is 1310 g/mol. The number of rotatable bonds is 4. The summed E-state index contributed by atoms with van der Waals surface area (Å²) in [7, 11) is 13.0. The molecule has 8 N–H and O–H groups in total. The molecule has 0 bridgehead atoms. The average molecular weight is 1310 g/mol. The van der Waals surface area contributed by atoms with Gasteiger partial charge in [-0.1, -0.05) is 166 Å². The summed E-state index contributed by atoms with van der Waals surface area (Å²) in [6, 6.07) is 4.76. The number of ether oxygens (including phenoxy) is 1. The van der Waals surface area contributed by atoms with E-state index in [4.69, 9.17) is 21.9 Å². The highest BCUT2D eigenvalue weighted by atomic mass is 16.5. The van der Waals surface area contributed by atoms with Crippen molar-refractivity contribution in [3.63, 3.8) is 0 Å². The highest BCUT2D eigenvalue weighted by Crippen LogP contribution is 2.44. The van der Waals surface area contributed by atoms with Crippen LogP contribution in [0.3, 0.4) is 0 Å². The van der Waals surface area contributed by atoms with E-state index < -0.39 is 0 Å². The highest BCUT2D eigenvalue weighted by Gasteiger charge is 2.35. The SMILES string of the molecule is CC(C)(C)C1CCC(N)CC1.CC(C)(C)C1CCC(N)CC1.CC(C)(C)C1CCC(N)CC1.CC(C)(C)C1CCOCC1.CN(C)C1CCC(C(C)(C)C)CC1.CN(C)C1CCC(C(C)(C)C)CC1.CNC1CCC(C(C)(C)C)CC1.CNC1CCC(C(C)(C)C)CC1. The maximum atomic E-state index is 5.84. The molecule has 93 heavy (non-hydrogen) atoms. The lowest BCUT2D eigenvalue weighted by atomic mass is 9.71. The molecule has 1 saturated heterocycles. The van der Waals surface area contributed by atoms with Gasteiger partial charge in [-0.25, -0.2) is 0 Å². The van der Waals surface area contributed by atoms with Crippen molar-refractivity contribution in [1.29, 1.82) is 0 Å². The Morgan fingerprint density at radius 1 is 0.237 bits per heavy atom. The van der Waals surface area contributed by atoms with Gasteiger partial charge >= 0.3 is 0 Å². The molecule has 0 aromatic heterocycles. The van der Waals surface area contributed by atoms with Gasteiger partial charge in [-0.3, -0.25) is 0 Å². The molecule has 0 radical (unpaired) electrons. The van der Waals surface area contributed by atoms with Crippen molar-refractivity contribution < 1.29 is 4.74 Å². The molecule has 8 rings (SSSR count). The van der Waals surface area contributed by atoms with Crippen molar-refractivity contribution in [2.75, 3.05) is 55.5 Å². The lowest BCUT2D eigenvalue weighted by molar-refractivity contribution is 0.0286. The van der Waals surface area contributed by atoms with Gasteiger partial charge in [0.2, 0.25) is 0 Å². The summed E-state index contributed by atoms with van der Waals surface area (Å²) in [5.74, 6) is 7.38. The van der Waals surface area contributed by atoms with E-state index in [0.29, 0.717) is 61.4 Å². The normalized spacial score (nSPS) is 31.4. The van der Waals surface area contributed by atoms with E-state index in [0.717, 1.165) is 84.7 Å². The van der Waals surface area contributed by atoms with Crippen LogP contribution in [0, 0.1) is 90.7 Å². The summed E-state index contributed by atoms with van der Waals surface area (Å²) < 4.78 is 5.29. The van der Waals surface area contributed by atoms with Crippen molar-refractivity contribution in [2.24, 2.45) is 108 Å². The molecule has 1 heterocycles. The lowest BCUT2D eigenvalue weighted by Gasteiger charge is -2.39. The van der Waals surface area contributed by atoms with Crippen LogP contribution in [0.2, 0.25) is 0 Å². The van der Waals surface area contributed by atoms with Crippen molar-refractivity contribution in [2.45, 2.75) is 401 Å². The largest absolute Gasteiger partial charge is 0.381 e. The smallest absolute Gasteiger partial charge is 0.0468 e. The van der Waals surface area contributed by atoms with E-state index in [9.17, 15) is 0 Å². The van der Waals surface area contributed by atoms with E-state index in [1.165, 1.54) is 193 Å². The zero-order valence-electron chi connectivity index (χ0n) is 69.3. The average Bonchev–Trinajstić information content (AvgIpc) is 2.79. The molecular weight excluding hydrogens is 1130 g/mol. The zero-order chi connectivity index (χ0) is 71.6. The van der Waals surface area contributed by atoms with Crippen LogP contribution < -0.4 is 27.8 Å². The van der Waals surface area contributed by atoms with Gasteiger partial charge < -0.3 is 42.4 Å². The first-order valence-corrected chi connectivity index (χ1v) is 40.0. The minimum Gasteiger partial charge on any atom is -0.381 e. The van der Waals surface area contributed by atoms with Crippen LogP contribution in [-0.4, -0.2) is 108 Å². The molecule has 8 heteroatoms. The predicted molar refractivity (Wildman–Crippen MR) is 417 cm³/mol. The second-order valence-electron chi connectivity index (χ2n) is 41.3. The minimum absolute atomic E-state index is 0.490. The molecule has 8 aliphatic rings. The molecular formula is C85H177N7O. The first-order valence-electron chi connectivity index (χ1n) is 40.0. The van der Waals surface area contributed by atoms with E-state index in [2.05, 4.69) is 229 Å². The summed E-state index contributed by atoms with van der Waals surface area (Å²) in [5, 5.41) is 6.75. The first kappa shape index (κ1) is 90.7. The first-order chi connectivity index (χ1) is 42.5. The molecule has 0 spiro atoms. The van der Waals surface area contributed by atoms with E-state index in [1.807, 2.05) is 0 Å². The summed E-state index contributed by atoms with van der Waals surface area (Å²) in [6.45, 7) is 58.5. The highest BCUT2D eigenvalue weighted by molar-refractivity contribution is 4.88. The fourth-order valence-corrected chi connectivity index (χ4v) is 16.9. The molecule has 0 atom stereocenters. The maximum absolute atomic E-state index is 5.84. The van der Waals surface area contributed by atoms with Crippen LogP contribution in [0.5, 0.6) is 0 Å². The fourth-order valence-electron chi connectivity index (χ4n) is 16.9. The van der Waals surface area contributed by atoms with Gasteiger partial charge in [0.05, 0.1) is 0 Å². The van der Waals surface area contributed by atoms with Crippen LogP contribution in [0.1, 0.15) is 359 Å². The second kappa shape index (κ2) is 42.2. The zero-order valence-corrected chi connectivity index (χ0v) is 69.3. The van der Waals surface area contributed by atoms with Crippen molar-refractivity contribution in [3.8, 4) is 0 Å². The van der Waals surface area contributed by atoms with Crippen LogP contribution in [0.25, 0.3) is 0 Å². The quantitative estimate of drug-likeness (QED) is 0.189. The Kier molecular flexibility index (Phi) is 41.1. The van der Waals surface area contributed by atoms with Crippen LogP contribution in [-0.2, 0) is 4.74 Å². The lowest BCUT2D eigenvalue weighted by Crippen LogP contribution is -2.35. The molecule has 558 valence electrons. The Morgan fingerprint density at radius 2 is 0.387 bits per heavy atom. The molecule has 0 aromatic rings. The molecule has 1 aliphatic heterocycles. The Bertz CT molecular complexity index is 1650. The Morgan fingerprint density at radius 3 is 0.527 bits per heavy atom. The van der Waals surface area contributed by atoms with Crippen LogP contribution >= 0.6 is 0 Å². The summed E-state index contributed by atoms with van der Waals surface area (Å²) in [4.78, 5) is 4.78. The summed E-state index contributed by atoms with van der Waals surface area (Å²) >= 11 is 0. The Hall–Kier alpha value is -0.320. The summed E-state index contributed by atoms with van der Waals surface area (Å²) in [6.07, 6.45) is 40.4. The van der Waals surface area contributed by atoms with Crippen molar-refractivity contribution >= 4 is 0 Å². The van der Waals surface area contributed by atoms with Gasteiger partial charge in [-0.2, -0.15) is 0 Å². The number of hydrogen-bond acceptors (Lipinski definition) is 8. The van der Waals surface area contributed by atoms with E-state index >= 15 is 0 Å².